The molecule has 1 rings (SSSR count). The predicted octanol–water partition coefficient (Wildman–Crippen LogP) is 2.66. The zero-order valence-electron chi connectivity index (χ0n) is 9.67. The summed E-state index contributed by atoms with van der Waals surface area (Å²) in [6.07, 6.45) is 0.846. The van der Waals surface area contributed by atoms with Crippen LogP contribution in [0.15, 0.2) is 0 Å². The van der Waals surface area contributed by atoms with Crippen molar-refractivity contribution in [3.05, 3.63) is 0 Å². The SMILES string of the molecule is O=C(O)CN(CC(F)(F)F)C1CCCCCC1. The van der Waals surface area contributed by atoms with Gasteiger partial charge in [0.25, 0.3) is 0 Å². The van der Waals surface area contributed by atoms with Crippen LogP contribution in [0.3, 0.4) is 0 Å². The molecule has 0 radical (unpaired) electrons. The number of carbonyl (C=O) groups is 1. The average molecular weight is 253 g/mol. The first-order chi connectivity index (χ1) is 7.88. The lowest BCUT2D eigenvalue weighted by Crippen LogP contribution is -2.44. The molecule has 1 N–H and O–H groups in total. The molecular weight excluding hydrogens is 235 g/mol. The lowest BCUT2D eigenvalue weighted by Gasteiger charge is -2.30. The molecule has 6 heteroatoms. The molecule has 0 heterocycles. The summed E-state index contributed by atoms with van der Waals surface area (Å²) in [4.78, 5) is 11.7. The number of aliphatic carboxylic acids is 1. The fourth-order valence-corrected chi connectivity index (χ4v) is 2.34. The van der Waals surface area contributed by atoms with Crippen molar-refractivity contribution in [2.75, 3.05) is 13.1 Å². The zero-order valence-corrected chi connectivity index (χ0v) is 9.67. The number of alkyl halides is 3. The summed E-state index contributed by atoms with van der Waals surface area (Å²) in [5, 5.41) is 8.67. The Morgan fingerprint density at radius 2 is 1.71 bits per heavy atom. The third kappa shape index (κ3) is 5.91. The Balaban J connectivity index is 2.62. The van der Waals surface area contributed by atoms with E-state index in [1.807, 2.05) is 0 Å². The van der Waals surface area contributed by atoms with Crippen molar-refractivity contribution >= 4 is 5.97 Å². The molecule has 0 saturated heterocycles. The van der Waals surface area contributed by atoms with Gasteiger partial charge in [0.2, 0.25) is 0 Å². The standard InChI is InChI=1S/C11H18F3NO2/c12-11(13,14)8-15(7-10(16)17)9-5-3-1-2-4-6-9/h9H,1-8H2,(H,16,17). The Morgan fingerprint density at radius 3 is 2.12 bits per heavy atom. The lowest BCUT2D eigenvalue weighted by atomic mass is 10.1. The largest absolute Gasteiger partial charge is 0.480 e. The predicted molar refractivity (Wildman–Crippen MR) is 56.8 cm³/mol. The van der Waals surface area contributed by atoms with Crippen LogP contribution >= 0.6 is 0 Å². The van der Waals surface area contributed by atoms with Crippen molar-refractivity contribution < 1.29 is 23.1 Å². The molecule has 0 atom stereocenters. The number of halogens is 3. The Morgan fingerprint density at radius 1 is 1.18 bits per heavy atom. The van der Waals surface area contributed by atoms with Crippen molar-refractivity contribution in [3.8, 4) is 0 Å². The van der Waals surface area contributed by atoms with E-state index in [9.17, 15) is 18.0 Å². The van der Waals surface area contributed by atoms with Crippen LogP contribution in [0, 0.1) is 0 Å². The zero-order chi connectivity index (χ0) is 12.9. The number of nitrogens with zero attached hydrogens (tertiary/aromatic N) is 1. The number of rotatable bonds is 4. The van der Waals surface area contributed by atoms with Crippen LogP contribution in [-0.2, 0) is 4.79 Å². The Labute approximate surface area is 98.6 Å². The maximum atomic E-state index is 12.4. The van der Waals surface area contributed by atoms with Gasteiger partial charge < -0.3 is 5.11 Å². The first-order valence-corrected chi connectivity index (χ1v) is 5.91. The molecule has 0 bridgehead atoms. The Hall–Kier alpha value is -0.780. The van der Waals surface area contributed by atoms with Crippen LogP contribution in [0.1, 0.15) is 38.5 Å². The van der Waals surface area contributed by atoms with Crippen LogP contribution in [-0.4, -0.2) is 41.3 Å². The monoisotopic (exact) mass is 253 g/mol. The summed E-state index contributed by atoms with van der Waals surface area (Å²) < 4.78 is 37.1. The van der Waals surface area contributed by atoms with Gasteiger partial charge in [-0.1, -0.05) is 25.7 Å². The summed E-state index contributed by atoms with van der Waals surface area (Å²) in [7, 11) is 0. The number of hydrogen-bond donors (Lipinski definition) is 1. The second kappa shape index (κ2) is 6.23. The maximum Gasteiger partial charge on any atom is 0.401 e. The highest BCUT2D eigenvalue weighted by Crippen LogP contribution is 2.25. The van der Waals surface area contributed by atoms with E-state index in [0.29, 0.717) is 12.8 Å². The van der Waals surface area contributed by atoms with Gasteiger partial charge in [-0.25, -0.2) is 0 Å². The van der Waals surface area contributed by atoms with Crippen molar-refractivity contribution in [3.63, 3.8) is 0 Å². The van der Waals surface area contributed by atoms with E-state index < -0.39 is 25.2 Å². The summed E-state index contributed by atoms with van der Waals surface area (Å²) in [5.41, 5.74) is 0. The van der Waals surface area contributed by atoms with Gasteiger partial charge in [0.15, 0.2) is 0 Å². The molecule has 0 aliphatic heterocycles. The smallest absolute Gasteiger partial charge is 0.401 e. The van der Waals surface area contributed by atoms with Crippen LogP contribution in [0.25, 0.3) is 0 Å². The van der Waals surface area contributed by atoms with Crippen molar-refractivity contribution in [1.29, 1.82) is 0 Å². The summed E-state index contributed by atoms with van der Waals surface area (Å²) in [5.74, 6) is -1.20. The van der Waals surface area contributed by atoms with Gasteiger partial charge >= 0.3 is 12.1 Å². The molecule has 0 amide bonds. The van der Waals surface area contributed by atoms with Crippen molar-refractivity contribution in [2.24, 2.45) is 0 Å². The Kier molecular flexibility index (Phi) is 5.24. The molecule has 1 aliphatic carbocycles. The van der Waals surface area contributed by atoms with Crippen LogP contribution in [0.4, 0.5) is 13.2 Å². The second-order valence-electron chi connectivity index (χ2n) is 4.56. The minimum absolute atomic E-state index is 0.241. The normalized spacial score (nSPS) is 19.3. The molecule has 0 aromatic carbocycles. The van der Waals surface area contributed by atoms with Crippen LogP contribution in [0.5, 0.6) is 0 Å². The minimum Gasteiger partial charge on any atom is -0.480 e. The molecule has 1 saturated carbocycles. The van der Waals surface area contributed by atoms with Crippen molar-refractivity contribution in [2.45, 2.75) is 50.7 Å². The molecule has 0 unspecified atom stereocenters. The molecule has 3 nitrogen and oxygen atoms in total. The number of carboxylic acids is 1. The molecule has 0 aromatic heterocycles. The van der Waals surface area contributed by atoms with E-state index in [4.69, 9.17) is 5.11 Å². The van der Waals surface area contributed by atoms with Gasteiger partial charge in [-0.2, -0.15) is 13.2 Å². The van der Waals surface area contributed by atoms with Gasteiger partial charge in [0, 0.05) is 6.04 Å². The van der Waals surface area contributed by atoms with E-state index in [-0.39, 0.29) is 6.04 Å². The number of carboxylic acid groups (broad SMARTS) is 1. The first kappa shape index (κ1) is 14.3. The topological polar surface area (TPSA) is 40.5 Å². The fraction of sp³-hybridized carbons (Fsp3) is 0.909. The van der Waals surface area contributed by atoms with Crippen molar-refractivity contribution in [1.82, 2.24) is 4.90 Å². The summed E-state index contributed by atoms with van der Waals surface area (Å²) in [6, 6.07) is -0.241. The van der Waals surface area contributed by atoms with Crippen LogP contribution < -0.4 is 0 Å². The highest BCUT2D eigenvalue weighted by atomic mass is 19.4. The highest BCUT2D eigenvalue weighted by molar-refractivity contribution is 5.69. The first-order valence-electron chi connectivity index (χ1n) is 5.91. The fourth-order valence-electron chi connectivity index (χ4n) is 2.34. The van der Waals surface area contributed by atoms with Crippen LogP contribution in [0.2, 0.25) is 0 Å². The molecule has 1 fully saturated rings. The highest BCUT2D eigenvalue weighted by Gasteiger charge is 2.34. The quantitative estimate of drug-likeness (QED) is 0.783. The van der Waals surface area contributed by atoms with E-state index in [0.717, 1.165) is 30.6 Å². The third-order valence-corrected chi connectivity index (χ3v) is 3.06. The minimum atomic E-state index is -4.33. The van der Waals surface area contributed by atoms with E-state index in [1.54, 1.807) is 0 Å². The van der Waals surface area contributed by atoms with E-state index in [2.05, 4.69) is 0 Å². The summed E-state index contributed by atoms with van der Waals surface area (Å²) in [6.45, 7) is -1.64. The van der Waals surface area contributed by atoms with Gasteiger partial charge in [0.05, 0.1) is 13.1 Å². The van der Waals surface area contributed by atoms with Gasteiger partial charge in [-0.3, -0.25) is 9.69 Å². The molecule has 17 heavy (non-hydrogen) atoms. The van der Waals surface area contributed by atoms with Gasteiger partial charge in [-0.15, -0.1) is 0 Å². The Bertz CT molecular complexity index is 248. The molecule has 0 aromatic rings. The maximum absolute atomic E-state index is 12.4. The molecular formula is C11H18F3NO2. The van der Waals surface area contributed by atoms with Gasteiger partial charge in [0.1, 0.15) is 0 Å². The average Bonchev–Trinajstić information content (AvgIpc) is 2.41. The van der Waals surface area contributed by atoms with Gasteiger partial charge in [-0.05, 0) is 12.8 Å². The molecule has 100 valence electrons. The molecule has 1 aliphatic rings. The lowest BCUT2D eigenvalue weighted by molar-refractivity contribution is -0.158. The molecule has 0 spiro atoms. The second-order valence-corrected chi connectivity index (χ2v) is 4.56. The van der Waals surface area contributed by atoms with E-state index >= 15 is 0 Å². The van der Waals surface area contributed by atoms with E-state index in [1.165, 1.54) is 0 Å². The summed E-state index contributed by atoms with van der Waals surface area (Å²) >= 11 is 0. The number of hydrogen-bond acceptors (Lipinski definition) is 2. The third-order valence-electron chi connectivity index (χ3n) is 3.06.